The monoisotopic (exact) mass is 400 g/mol. The largest absolute Gasteiger partial charge is 0.471 e. The van der Waals surface area contributed by atoms with Crippen molar-refractivity contribution in [1.82, 2.24) is 0 Å². The fourth-order valence-electron chi connectivity index (χ4n) is 2.16. The summed E-state index contributed by atoms with van der Waals surface area (Å²) in [5.41, 5.74) is 0.285. The Hall–Kier alpha value is -2.88. The molecular formula is C17H15F3N2O4S. The lowest BCUT2D eigenvalue weighted by Crippen LogP contribution is -2.30. The van der Waals surface area contributed by atoms with Crippen LogP contribution in [0, 0.1) is 6.92 Å². The molecule has 2 amide bonds. The standard InChI is InChI=1S/C17H15F3N2O4S/c1-3-26-15(24)12-9(2)11(13(23)21-10-7-5-4-6-8-10)14(27-12)22-16(25)17(18,19)20/h4-8H,3H2,1-2H3,(H,21,23)(H,22,25). The van der Waals surface area contributed by atoms with E-state index in [1.54, 1.807) is 42.6 Å². The van der Waals surface area contributed by atoms with Crippen LogP contribution in [0.4, 0.5) is 23.9 Å². The zero-order valence-electron chi connectivity index (χ0n) is 14.3. The number of esters is 1. The number of carbonyl (C=O) groups is 3. The first-order valence-electron chi connectivity index (χ1n) is 7.70. The van der Waals surface area contributed by atoms with Gasteiger partial charge in [0.2, 0.25) is 0 Å². The van der Waals surface area contributed by atoms with Crippen molar-refractivity contribution in [3.05, 3.63) is 46.3 Å². The first-order valence-corrected chi connectivity index (χ1v) is 8.51. The van der Waals surface area contributed by atoms with E-state index in [2.05, 4.69) is 5.32 Å². The third-order valence-corrected chi connectivity index (χ3v) is 4.54. The number of alkyl halides is 3. The molecule has 1 aromatic heterocycles. The van der Waals surface area contributed by atoms with Gasteiger partial charge in [0.15, 0.2) is 0 Å². The Morgan fingerprint density at radius 2 is 1.74 bits per heavy atom. The Kier molecular flexibility index (Phi) is 6.21. The van der Waals surface area contributed by atoms with Crippen molar-refractivity contribution in [3.63, 3.8) is 0 Å². The SMILES string of the molecule is CCOC(=O)c1sc(NC(=O)C(F)(F)F)c(C(=O)Nc2ccccc2)c1C. The molecule has 1 aromatic carbocycles. The summed E-state index contributed by atoms with van der Waals surface area (Å²) < 4.78 is 42.7. The molecule has 2 aromatic rings. The molecule has 0 aliphatic rings. The first kappa shape index (κ1) is 20.4. The molecular weight excluding hydrogens is 385 g/mol. The Bertz CT molecular complexity index is 863. The van der Waals surface area contributed by atoms with E-state index in [9.17, 15) is 27.6 Å². The van der Waals surface area contributed by atoms with Gasteiger partial charge in [0.25, 0.3) is 5.91 Å². The Morgan fingerprint density at radius 1 is 1.11 bits per heavy atom. The van der Waals surface area contributed by atoms with Gasteiger partial charge in [-0.05, 0) is 31.5 Å². The summed E-state index contributed by atoms with van der Waals surface area (Å²) in [4.78, 5) is 35.9. The molecule has 27 heavy (non-hydrogen) atoms. The average Bonchev–Trinajstić information content (AvgIpc) is 2.91. The van der Waals surface area contributed by atoms with E-state index in [1.807, 2.05) is 0 Å². The number of hydrogen-bond donors (Lipinski definition) is 2. The van der Waals surface area contributed by atoms with Crippen LogP contribution in [0.3, 0.4) is 0 Å². The smallest absolute Gasteiger partial charge is 0.462 e. The van der Waals surface area contributed by atoms with Crippen molar-refractivity contribution >= 4 is 39.8 Å². The number of nitrogens with one attached hydrogen (secondary N) is 2. The van der Waals surface area contributed by atoms with Crippen LogP contribution in [0.25, 0.3) is 0 Å². The molecule has 144 valence electrons. The first-order chi connectivity index (χ1) is 12.6. The number of para-hydroxylation sites is 1. The van der Waals surface area contributed by atoms with Crippen molar-refractivity contribution < 1.29 is 32.3 Å². The molecule has 2 rings (SSSR count). The van der Waals surface area contributed by atoms with Crippen LogP contribution in [0.5, 0.6) is 0 Å². The number of anilines is 2. The van der Waals surface area contributed by atoms with Crippen LogP contribution in [0.2, 0.25) is 0 Å². The van der Waals surface area contributed by atoms with Gasteiger partial charge in [-0.1, -0.05) is 18.2 Å². The summed E-state index contributed by atoms with van der Waals surface area (Å²) in [7, 11) is 0. The number of ether oxygens (including phenoxy) is 1. The Morgan fingerprint density at radius 3 is 2.30 bits per heavy atom. The maximum atomic E-state index is 12.6. The molecule has 0 aliphatic carbocycles. The number of rotatable bonds is 5. The predicted molar refractivity (Wildman–Crippen MR) is 94.1 cm³/mol. The van der Waals surface area contributed by atoms with Gasteiger partial charge < -0.3 is 15.4 Å². The van der Waals surface area contributed by atoms with E-state index in [0.29, 0.717) is 17.0 Å². The lowest BCUT2D eigenvalue weighted by atomic mass is 10.1. The number of carbonyl (C=O) groups excluding carboxylic acids is 3. The maximum Gasteiger partial charge on any atom is 0.471 e. The van der Waals surface area contributed by atoms with Gasteiger partial charge in [-0.2, -0.15) is 13.2 Å². The number of benzene rings is 1. The van der Waals surface area contributed by atoms with Crippen LogP contribution in [0.1, 0.15) is 32.5 Å². The summed E-state index contributed by atoms with van der Waals surface area (Å²) in [6.07, 6.45) is -5.14. The predicted octanol–water partition coefficient (Wildman–Crippen LogP) is 3.99. The fraction of sp³-hybridized carbons (Fsp3) is 0.235. The molecule has 0 fully saturated rings. The number of halogens is 3. The van der Waals surface area contributed by atoms with Gasteiger partial charge in [0.1, 0.15) is 9.88 Å². The highest BCUT2D eigenvalue weighted by Gasteiger charge is 2.40. The minimum absolute atomic E-state index is 0.0476. The van der Waals surface area contributed by atoms with Crippen molar-refractivity contribution in [3.8, 4) is 0 Å². The number of thiophene rings is 1. The molecule has 0 unspecified atom stereocenters. The molecule has 0 spiro atoms. The summed E-state index contributed by atoms with van der Waals surface area (Å²) in [6.45, 7) is 3.01. The Balaban J connectivity index is 2.44. The van der Waals surface area contributed by atoms with Crippen molar-refractivity contribution in [2.75, 3.05) is 17.2 Å². The molecule has 0 saturated heterocycles. The molecule has 6 nitrogen and oxygen atoms in total. The molecule has 2 N–H and O–H groups in total. The maximum absolute atomic E-state index is 12.6. The molecule has 0 aliphatic heterocycles. The van der Waals surface area contributed by atoms with Gasteiger partial charge in [0.05, 0.1) is 12.2 Å². The Labute approximate surface area is 156 Å². The second kappa shape index (κ2) is 8.21. The van der Waals surface area contributed by atoms with E-state index in [1.165, 1.54) is 6.92 Å². The number of hydrogen-bond acceptors (Lipinski definition) is 5. The van der Waals surface area contributed by atoms with Gasteiger partial charge in [-0.15, -0.1) is 11.3 Å². The van der Waals surface area contributed by atoms with Crippen molar-refractivity contribution in [1.29, 1.82) is 0 Å². The van der Waals surface area contributed by atoms with Crippen LogP contribution in [-0.4, -0.2) is 30.6 Å². The second-order valence-corrected chi connectivity index (χ2v) is 6.27. The third-order valence-electron chi connectivity index (χ3n) is 3.35. The summed E-state index contributed by atoms with van der Waals surface area (Å²) in [5, 5.41) is 3.80. The highest BCUT2D eigenvalue weighted by atomic mass is 32.1. The van der Waals surface area contributed by atoms with Crippen molar-refractivity contribution in [2.24, 2.45) is 0 Å². The van der Waals surface area contributed by atoms with Crippen LogP contribution < -0.4 is 10.6 Å². The summed E-state index contributed by atoms with van der Waals surface area (Å²) in [6, 6.07) is 8.21. The van der Waals surface area contributed by atoms with Crippen LogP contribution >= 0.6 is 11.3 Å². The average molecular weight is 400 g/mol. The molecule has 0 atom stereocenters. The summed E-state index contributed by atoms with van der Waals surface area (Å²) >= 11 is 0.550. The lowest BCUT2D eigenvalue weighted by molar-refractivity contribution is -0.167. The van der Waals surface area contributed by atoms with Gasteiger partial charge >= 0.3 is 18.1 Å². The van der Waals surface area contributed by atoms with Crippen LogP contribution in [0.15, 0.2) is 30.3 Å². The van der Waals surface area contributed by atoms with E-state index in [-0.39, 0.29) is 27.6 Å². The highest BCUT2D eigenvalue weighted by molar-refractivity contribution is 7.18. The quantitative estimate of drug-likeness (QED) is 0.744. The lowest BCUT2D eigenvalue weighted by Gasteiger charge is -2.10. The van der Waals surface area contributed by atoms with E-state index in [0.717, 1.165) is 0 Å². The normalized spacial score (nSPS) is 11.0. The van der Waals surface area contributed by atoms with Gasteiger partial charge in [-0.3, -0.25) is 9.59 Å². The van der Waals surface area contributed by atoms with Crippen LogP contribution in [-0.2, 0) is 9.53 Å². The minimum atomic E-state index is -5.14. The minimum Gasteiger partial charge on any atom is -0.462 e. The zero-order valence-corrected chi connectivity index (χ0v) is 15.1. The van der Waals surface area contributed by atoms with Gasteiger partial charge in [-0.25, -0.2) is 4.79 Å². The number of amides is 2. The van der Waals surface area contributed by atoms with E-state index >= 15 is 0 Å². The molecule has 0 radical (unpaired) electrons. The fourth-order valence-corrected chi connectivity index (χ4v) is 3.25. The molecule has 10 heteroatoms. The van der Waals surface area contributed by atoms with Crippen molar-refractivity contribution in [2.45, 2.75) is 20.0 Å². The molecule has 0 bridgehead atoms. The van der Waals surface area contributed by atoms with E-state index < -0.39 is 24.0 Å². The highest BCUT2D eigenvalue weighted by Crippen LogP contribution is 2.35. The zero-order chi connectivity index (χ0) is 20.2. The topological polar surface area (TPSA) is 84.5 Å². The second-order valence-electron chi connectivity index (χ2n) is 5.25. The molecule has 1 heterocycles. The van der Waals surface area contributed by atoms with Gasteiger partial charge in [0, 0.05) is 5.69 Å². The van der Waals surface area contributed by atoms with E-state index in [4.69, 9.17) is 4.74 Å². The summed E-state index contributed by atoms with van der Waals surface area (Å²) in [5.74, 6) is -3.79. The molecule has 0 saturated carbocycles. The third kappa shape index (κ3) is 4.85.